The van der Waals surface area contributed by atoms with Crippen LogP contribution < -0.4 is 19.7 Å². The predicted octanol–water partition coefficient (Wildman–Crippen LogP) is 9.43. The summed E-state index contributed by atoms with van der Waals surface area (Å²) in [5.74, 6) is 6.14. The Labute approximate surface area is 287 Å². The molecule has 0 aliphatic heterocycles. The fraction of sp³-hybridized carbons (Fsp3) is 0.524. The molecule has 3 saturated carbocycles. The normalized spacial score (nSPS) is 24.7. The maximum Gasteiger partial charge on any atom is 0.139 e. The molecule has 3 fully saturated rings. The standard InChI is InChI=1S/C42H54N4O2/c1-46(2)41-37-10-6-7-11-38(37)44-40(45-41)36-21-16-33(36)28-30-22-24-42(25-23-30)29-39(42)43-26-8-4-5-9-27-48-35-19-14-32(15-20-35)31-12-17-34(47-3)18-13-31/h6-7,10-15,17-20,30,33,36,39,43H,4-5,8-9,16,21-29H2,1-3H3. The van der Waals surface area contributed by atoms with E-state index in [-0.39, 0.29) is 0 Å². The van der Waals surface area contributed by atoms with Crippen LogP contribution >= 0.6 is 0 Å². The van der Waals surface area contributed by atoms with Gasteiger partial charge < -0.3 is 19.7 Å². The molecule has 7 rings (SSSR count). The van der Waals surface area contributed by atoms with Gasteiger partial charge in [-0.3, -0.25) is 0 Å². The Morgan fingerprint density at radius 3 is 2.19 bits per heavy atom. The van der Waals surface area contributed by atoms with Gasteiger partial charge >= 0.3 is 0 Å². The van der Waals surface area contributed by atoms with Crippen LogP contribution in [0.4, 0.5) is 5.82 Å². The van der Waals surface area contributed by atoms with Gasteiger partial charge in [0.05, 0.1) is 19.2 Å². The van der Waals surface area contributed by atoms with Crippen molar-refractivity contribution in [1.82, 2.24) is 15.3 Å². The van der Waals surface area contributed by atoms with Crippen LogP contribution in [0.15, 0.2) is 72.8 Å². The first-order valence-corrected chi connectivity index (χ1v) is 18.6. The van der Waals surface area contributed by atoms with Gasteiger partial charge in [-0.25, -0.2) is 9.97 Å². The molecule has 0 bridgehead atoms. The molecule has 4 aromatic rings. The van der Waals surface area contributed by atoms with Crippen molar-refractivity contribution in [2.24, 2.45) is 17.3 Å². The molecule has 1 heterocycles. The molecule has 3 atom stereocenters. The highest BCUT2D eigenvalue weighted by Gasteiger charge is 2.54. The molecular weight excluding hydrogens is 592 g/mol. The Morgan fingerprint density at radius 1 is 0.792 bits per heavy atom. The molecule has 1 spiro atoms. The van der Waals surface area contributed by atoms with Gasteiger partial charge in [-0.05, 0) is 136 Å². The number of aromatic nitrogens is 2. The third kappa shape index (κ3) is 7.49. The number of nitrogens with one attached hydrogen (secondary N) is 1. The van der Waals surface area contributed by atoms with E-state index in [4.69, 9.17) is 19.4 Å². The third-order valence-corrected chi connectivity index (χ3v) is 11.7. The zero-order valence-corrected chi connectivity index (χ0v) is 29.3. The quantitative estimate of drug-likeness (QED) is 0.130. The van der Waals surface area contributed by atoms with Crippen LogP contribution in [0.25, 0.3) is 22.0 Å². The van der Waals surface area contributed by atoms with Gasteiger partial charge in [0.2, 0.25) is 0 Å². The number of anilines is 1. The molecular formula is C42H54N4O2. The molecule has 48 heavy (non-hydrogen) atoms. The Balaban J connectivity index is 0.761. The Hall–Kier alpha value is -3.64. The number of hydrogen-bond donors (Lipinski definition) is 1. The van der Waals surface area contributed by atoms with Crippen molar-refractivity contribution in [3.05, 3.63) is 78.6 Å². The van der Waals surface area contributed by atoms with Gasteiger partial charge in [-0.2, -0.15) is 0 Å². The van der Waals surface area contributed by atoms with Crippen LogP contribution in [-0.4, -0.2) is 50.4 Å². The molecule has 6 heteroatoms. The van der Waals surface area contributed by atoms with Crippen LogP contribution in [-0.2, 0) is 0 Å². The Morgan fingerprint density at radius 2 is 1.50 bits per heavy atom. The summed E-state index contributed by atoms with van der Waals surface area (Å²) in [4.78, 5) is 12.3. The maximum absolute atomic E-state index is 6.02. The highest BCUT2D eigenvalue weighted by molar-refractivity contribution is 5.89. The summed E-state index contributed by atoms with van der Waals surface area (Å²) in [5.41, 5.74) is 4.07. The minimum Gasteiger partial charge on any atom is -0.497 e. The van der Waals surface area contributed by atoms with Gasteiger partial charge in [-0.15, -0.1) is 0 Å². The molecule has 3 unspecified atom stereocenters. The SMILES string of the molecule is COc1ccc(-c2ccc(OCCCCCCNC3CC34CCC(CC3CCC3c3nc(N(C)C)c5ccccc5n3)CC4)cc2)cc1. The van der Waals surface area contributed by atoms with Crippen LogP contribution in [0.5, 0.6) is 11.5 Å². The van der Waals surface area contributed by atoms with Crippen LogP contribution in [0.3, 0.4) is 0 Å². The van der Waals surface area contributed by atoms with Crippen molar-refractivity contribution < 1.29 is 9.47 Å². The second-order valence-electron chi connectivity index (χ2n) is 15.0. The lowest BCUT2D eigenvalue weighted by molar-refractivity contribution is 0.152. The summed E-state index contributed by atoms with van der Waals surface area (Å²) in [5, 5.41) is 5.09. The van der Waals surface area contributed by atoms with Gasteiger partial charge in [0, 0.05) is 31.4 Å². The number of benzene rings is 3. The van der Waals surface area contributed by atoms with E-state index < -0.39 is 0 Å². The third-order valence-electron chi connectivity index (χ3n) is 11.7. The number of nitrogens with zero attached hydrogens (tertiary/aromatic N) is 3. The average molecular weight is 647 g/mol. The number of fused-ring (bicyclic) bond motifs is 1. The lowest BCUT2D eigenvalue weighted by Gasteiger charge is -2.40. The van der Waals surface area contributed by atoms with E-state index in [9.17, 15) is 0 Å². The second kappa shape index (κ2) is 14.9. The summed E-state index contributed by atoms with van der Waals surface area (Å²) >= 11 is 0. The van der Waals surface area contributed by atoms with E-state index in [2.05, 4.69) is 85.0 Å². The summed E-state index contributed by atoms with van der Waals surface area (Å²) in [6, 6.07) is 25.8. The summed E-state index contributed by atoms with van der Waals surface area (Å²) in [6.45, 7) is 1.95. The molecule has 1 aromatic heterocycles. The number of hydrogen-bond acceptors (Lipinski definition) is 6. The smallest absolute Gasteiger partial charge is 0.139 e. The van der Waals surface area contributed by atoms with E-state index in [0.717, 1.165) is 71.5 Å². The van der Waals surface area contributed by atoms with Crippen molar-refractivity contribution >= 4 is 16.7 Å². The lowest BCUT2D eigenvalue weighted by Crippen LogP contribution is -2.31. The number of rotatable bonds is 15. The minimum atomic E-state index is 0.531. The van der Waals surface area contributed by atoms with E-state index >= 15 is 0 Å². The number of unbranched alkanes of at least 4 members (excludes halogenated alkanes) is 3. The molecule has 3 aliphatic rings. The number of para-hydroxylation sites is 1. The fourth-order valence-corrected chi connectivity index (χ4v) is 8.45. The first kappa shape index (κ1) is 32.9. The first-order chi connectivity index (χ1) is 23.5. The van der Waals surface area contributed by atoms with Crippen molar-refractivity contribution in [3.63, 3.8) is 0 Å². The average Bonchev–Trinajstić information content (AvgIpc) is 3.79. The first-order valence-electron chi connectivity index (χ1n) is 18.6. The Kier molecular flexibility index (Phi) is 10.2. The highest BCUT2D eigenvalue weighted by Crippen LogP contribution is 2.59. The molecule has 3 aromatic carbocycles. The summed E-state index contributed by atoms with van der Waals surface area (Å²) in [6.07, 6.45) is 15.9. The molecule has 0 saturated heterocycles. The summed E-state index contributed by atoms with van der Waals surface area (Å²) < 4.78 is 11.3. The fourth-order valence-electron chi connectivity index (χ4n) is 8.45. The molecule has 6 nitrogen and oxygen atoms in total. The molecule has 254 valence electrons. The number of methoxy groups -OCH3 is 1. The lowest BCUT2D eigenvalue weighted by atomic mass is 9.66. The zero-order chi connectivity index (χ0) is 32.9. The van der Waals surface area contributed by atoms with Crippen molar-refractivity contribution in [3.8, 4) is 22.6 Å². The van der Waals surface area contributed by atoms with E-state index in [1.807, 2.05) is 12.1 Å². The molecule has 0 radical (unpaired) electrons. The van der Waals surface area contributed by atoms with E-state index in [1.165, 1.54) is 81.8 Å². The van der Waals surface area contributed by atoms with Crippen molar-refractivity contribution in [2.75, 3.05) is 39.3 Å². The Bertz CT molecular complexity index is 1630. The van der Waals surface area contributed by atoms with Gasteiger partial charge in [-0.1, -0.05) is 49.2 Å². The van der Waals surface area contributed by atoms with Crippen molar-refractivity contribution in [1.29, 1.82) is 0 Å². The molecule has 1 N–H and O–H groups in total. The van der Waals surface area contributed by atoms with Gasteiger partial charge in [0.15, 0.2) is 0 Å². The van der Waals surface area contributed by atoms with Crippen LogP contribution in [0, 0.1) is 17.3 Å². The second-order valence-corrected chi connectivity index (χ2v) is 15.0. The van der Waals surface area contributed by atoms with Gasteiger partial charge in [0.1, 0.15) is 23.1 Å². The minimum absolute atomic E-state index is 0.531. The van der Waals surface area contributed by atoms with Crippen molar-refractivity contribution in [2.45, 2.75) is 89.0 Å². The topological polar surface area (TPSA) is 59.5 Å². The summed E-state index contributed by atoms with van der Waals surface area (Å²) in [7, 11) is 5.89. The maximum atomic E-state index is 6.02. The van der Waals surface area contributed by atoms with Crippen LogP contribution in [0.2, 0.25) is 0 Å². The van der Waals surface area contributed by atoms with Crippen LogP contribution in [0.1, 0.15) is 88.8 Å². The number of ether oxygens (including phenoxy) is 2. The van der Waals surface area contributed by atoms with E-state index in [0.29, 0.717) is 11.3 Å². The monoisotopic (exact) mass is 646 g/mol. The van der Waals surface area contributed by atoms with Gasteiger partial charge in [0.25, 0.3) is 0 Å². The highest BCUT2D eigenvalue weighted by atomic mass is 16.5. The molecule has 0 amide bonds. The predicted molar refractivity (Wildman–Crippen MR) is 197 cm³/mol. The molecule has 3 aliphatic carbocycles. The van der Waals surface area contributed by atoms with E-state index in [1.54, 1.807) is 7.11 Å². The zero-order valence-electron chi connectivity index (χ0n) is 29.3. The largest absolute Gasteiger partial charge is 0.497 e.